The maximum atomic E-state index is 13.5. The van der Waals surface area contributed by atoms with Crippen molar-refractivity contribution < 1.29 is 9.53 Å². The van der Waals surface area contributed by atoms with Gasteiger partial charge < -0.3 is 9.64 Å². The molecular weight excluding hydrogens is 410 g/mol. The van der Waals surface area contributed by atoms with Gasteiger partial charge in [-0.2, -0.15) is 5.10 Å². The Morgan fingerprint density at radius 1 is 0.939 bits per heavy atom. The maximum Gasteiger partial charge on any atom is 0.254 e. The summed E-state index contributed by atoms with van der Waals surface area (Å²) in [5.41, 5.74) is 3.31. The molecule has 1 heterocycles. The van der Waals surface area contributed by atoms with Gasteiger partial charge in [-0.15, -0.1) is 0 Å². The zero-order chi connectivity index (χ0) is 23.2. The number of para-hydroxylation sites is 2. The molecule has 0 saturated carbocycles. The molecule has 1 aromatic heterocycles. The minimum absolute atomic E-state index is 0.00229. The van der Waals surface area contributed by atoms with Gasteiger partial charge in [0.1, 0.15) is 5.75 Å². The molecule has 5 nitrogen and oxygen atoms in total. The third kappa shape index (κ3) is 4.98. The van der Waals surface area contributed by atoms with E-state index in [1.165, 1.54) is 0 Å². The van der Waals surface area contributed by atoms with Crippen molar-refractivity contribution in [2.75, 3.05) is 0 Å². The van der Waals surface area contributed by atoms with Crippen molar-refractivity contribution in [1.29, 1.82) is 0 Å². The second-order valence-electron chi connectivity index (χ2n) is 8.09. The van der Waals surface area contributed by atoms with Crippen molar-refractivity contribution in [2.45, 2.75) is 39.8 Å². The Kier molecular flexibility index (Phi) is 6.89. The fourth-order valence-corrected chi connectivity index (χ4v) is 3.73. The average Bonchev–Trinajstić information content (AvgIpc) is 3.17. The number of aromatic nitrogens is 2. The Morgan fingerprint density at radius 2 is 1.52 bits per heavy atom. The molecular formula is C28H29N3O2. The summed E-state index contributed by atoms with van der Waals surface area (Å²) in [6.45, 7) is 6.55. The van der Waals surface area contributed by atoms with Crippen LogP contribution in [0.25, 0.3) is 5.69 Å². The van der Waals surface area contributed by atoms with Crippen LogP contribution in [-0.4, -0.2) is 26.6 Å². The zero-order valence-electron chi connectivity index (χ0n) is 19.3. The number of hydrogen-bond acceptors (Lipinski definition) is 3. The van der Waals surface area contributed by atoms with Gasteiger partial charge in [-0.3, -0.25) is 4.79 Å². The maximum absolute atomic E-state index is 13.5. The molecule has 1 amide bonds. The number of benzene rings is 3. The van der Waals surface area contributed by atoms with E-state index in [4.69, 9.17) is 9.84 Å². The van der Waals surface area contributed by atoms with E-state index in [0.29, 0.717) is 18.0 Å². The first kappa shape index (κ1) is 22.3. The first-order valence-electron chi connectivity index (χ1n) is 11.3. The predicted octanol–water partition coefficient (Wildman–Crippen LogP) is 6.41. The number of aryl methyl sites for hydroxylation is 1. The molecule has 4 rings (SSSR count). The Bertz CT molecular complexity index is 1190. The largest absolute Gasteiger partial charge is 0.439 e. The van der Waals surface area contributed by atoms with E-state index in [0.717, 1.165) is 29.1 Å². The van der Waals surface area contributed by atoms with Crippen LogP contribution in [0.4, 0.5) is 0 Å². The van der Waals surface area contributed by atoms with Gasteiger partial charge in [0, 0.05) is 11.6 Å². The Hall–Kier alpha value is -3.86. The molecule has 4 aromatic rings. The Balaban J connectivity index is 1.78. The number of nitrogens with zero attached hydrogens (tertiary/aromatic N) is 3. The summed E-state index contributed by atoms with van der Waals surface area (Å²) in [6, 6.07) is 29.1. The molecule has 0 aliphatic heterocycles. The van der Waals surface area contributed by atoms with Crippen LogP contribution in [0.5, 0.6) is 11.6 Å². The average molecular weight is 440 g/mol. The summed E-state index contributed by atoms with van der Waals surface area (Å²) < 4.78 is 8.20. The number of rotatable bonds is 8. The quantitative estimate of drug-likeness (QED) is 0.318. The van der Waals surface area contributed by atoms with Crippen molar-refractivity contribution in [3.63, 3.8) is 0 Å². The molecule has 0 radical (unpaired) electrons. The molecule has 0 saturated heterocycles. The van der Waals surface area contributed by atoms with E-state index >= 15 is 0 Å². The van der Waals surface area contributed by atoms with Gasteiger partial charge in [-0.05, 0) is 56.7 Å². The van der Waals surface area contributed by atoms with Crippen molar-refractivity contribution in [3.05, 3.63) is 108 Å². The molecule has 0 unspecified atom stereocenters. The van der Waals surface area contributed by atoms with E-state index in [1.54, 1.807) is 0 Å². The lowest BCUT2D eigenvalue weighted by Crippen LogP contribution is -2.38. The van der Waals surface area contributed by atoms with Crippen LogP contribution >= 0.6 is 0 Å². The van der Waals surface area contributed by atoms with Gasteiger partial charge in [-0.25, -0.2) is 4.68 Å². The third-order valence-corrected chi connectivity index (χ3v) is 5.83. The minimum atomic E-state index is 0.00229. The topological polar surface area (TPSA) is 47.4 Å². The van der Waals surface area contributed by atoms with Crippen molar-refractivity contribution in [1.82, 2.24) is 14.7 Å². The van der Waals surface area contributed by atoms with Gasteiger partial charge in [-0.1, -0.05) is 61.5 Å². The van der Waals surface area contributed by atoms with E-state index in [9.17, 15) is 4.79 Å². The first-order valence-corrected chi connectivity index (χ1v) is 11.3. The van der Waals surface area contributed by atoms with Crippen LogP contribution in [-0.2, 0) is 6.54 Å². The number of carbonyl (C=O) groups is 1. The highest BCUT2D eigenvalue weighted by molar-refractivity contribution is 5.94. The molecule has 0 spiro atoms. The van der Waals surface area contributed by atoms with Gasteiger partial charge in [0.05, 0.1) is 23.5 Å². The molecule has 0 fully saturated rings. The van der Waals surface area contributed by atoms with Crippen LogP contribution in [0.2, 0.25) is 0 Å². The van der Waals surface area contributed by atoms with E-state index < -0.39 is 0 Å². The van der Waals surface area contributed by atoms with E-state index in [1.807, 2.05) is 108 Å². The summed E-state index contributed by atoms with van der Waals surface area (Å²) in [6.07, 6.45) is 0.847. The lowest BCUT2D eigenvalue weighted by atomic mass is 10.1. The molecule has 5 heteroatoms. The standard InChI is InChI=1S/C28H29N3O2/c1-4-21(2)30(27(32)23-14-8-5-9-15-23)20-26-22(3)29-31(24-16-10-6-11-17-24)28(26)33-25-18-12-7-13-19-25/h5-19,21H,4,20H2,1-3H3/t21-/m1/s1. The van der Waals surface area contributed by atoms with Gasteiger partial charge >= 0.3 is 0 Å². The minimum Gasteiger partial charge on any atom is -0.439 e. The van der Waals surface area contributed by atoms with Crippen LogP contribution < -0.4 is 4.74 Å². The second kappa shape index (κ2) is 10.2. The first-order chi connectivity index (χ1) is 16.1. The Labute approximate surface area is 195 Å². The second-order valence-corrected chi connectivity index (χ2v) is 8.09. The lowest BCUT2D eigenvalue weighted by Gasteiger charge is -2.29. The molecule has 0 bridgehead atoms. The van der Waals surface area contributed by atoms with Crippen molar-refractivity contribution >= 4 is 5.91 Å². The predicted molar refractivity (Wildman–Crippen MR) is 131 cm³/mol. The van der Waals surface area contributed by atoms with Crippen molar-refractivity contribution in [2.24, 2.45) is 0 Å². The smallest absolute Gasteiger partial charge is 0.254 e. The third-order valence-electron chi connectivity index (χ3n) is 5.83. The summed E-state index contributed by atoms with van der Waals surface area (Å²) in [7, 11) is 0. The fraction of sp³-hybridized carbons (Fsp3) is 0.214. The summed E-state index contributed by atoms with van der Waals surface area (Å²) in [5.74, 6) is 1.35. The zero-order valence-corrected chi connectivity index (χ0v) is 19.3. The molecule has 0 aliphatic rings. The molecule has 1 atom stereocenters. The number of amides is 1. The molecule has 0 N–H and O–H groups in total. The molecule has 168 valence electrons. The van der Waals surface area contributed by atoms with Crippen LogP contribution in [0.3, 0.4) is 0 Å². The van der Waals surface area contributed by atoms with Crippen molar-refractivity contribution in [3.8, 4) is 17.3 Å². The van der Waals surface area contributed by atoms with Crippen LogP contribution in [0.15, 0.2) is 91.0 Å². The highest BCUT2D eigenvalue weighted by atomic mass is 16.5. The Morgan fingerprint density at radius 3 is 2.12 bits per heavy atom. The molecule has 33 heavy (non-hydrogen) atoms. The molecule has 3 aromatic carbocycles. The normalized spacial score (nSPS) is 11.7. The monoisotopic (exact) mass is 439 g/mol. The van der Waals surface area contributed by atoms with Gasteiger partial charge in [0.15, 0.2) is 0 Å². The summed E-state index contributed by atoms with van der Waals surface area (Å²) in [5, 5.41) is 4.80. The van der Waals surface area contributed by atoms with Gasteiger partial charge in [0.25, 0.3) is 5.91 Å². The van der Waals surface area contributed by atoms with Crippen LogP contribution in [0.1, 0.15) is 41.9 Å². The SMILES string of the molecule is CC[C@@H](C)N(Cc1c(C)nn(-c2ccccc2)c1Oc1ccccc1)C(=O)c1ccccc1. The number of hydrogen-bond donors (Lipinski definition) is 0. The highest BCUT2D eigenvalue weighted by Gasteiger charge is 2.26. The summed E-state index contributed by atoms with van der Waals surface area (Å²) in [4.78, 5) is 15.4. The number of ether oxygens (including phenoxy) is 1. The molecule has 0 aliphatic carbocycles. The summed E-state index contributed by atoms with van der Waals surface area (Å²) >= 11 is 0. The fourth-order valence-electron chi connectivity index (χ4n) is 3.73. The highest BCUT2D eigenvalue weighted by Crippen LogP contribution is 2.32. The lowest BCUT2D eigenvalue weighted by molar-refractivity contribution is 0.0670. The van der Waals surface area contributed by atoms with Crippen LogP contribution in [0, 0.1) is 6.92 Å². The number of carbonyl (C=O) groups excluding carboxylic acids is 1. The van der Waals surface area contributed by atoms with E-state index in [-0.39, 0.29) is 11.9 Å². The van der Waals surface area contributed by atoms with E-state index in [2.05, 4.69) is 13.8 Å². The van der Waals surface area contributed by atoms with Gasteiger partial charge in [0.2, 0.25) is 5.88 Å².